The van der Waals surface area contributed by atoms with Gasteiger partial charge in [0.2, 0.25) is 0 Å². The molecule has 0 unspecified atom stereocenters. The summed E-state index contributed by atoms with van der Waals surface area (Å²) in [4.78, 5) is 4.18. The zero-order valence-corrected chi connectivity index (χ0v) is 11.2. The molecule has 0 fully saturated rings. The second kappa shape index (κ2) is 5.77. The summed E-state index contributed by atoms with van der Waals surface area (Å²) in [6.45, 7) is 5.95. The van der Waals surface area contributed by atoms with Crippen molar-refractivity contribution in [2.75, 3.05) is 6.54 Å². The van der Waals surface area contributed by atoms with Crippen LogP contribution in [-0.4, -0.2) is 31.1 Å². The number of hydrogen-bond acceptors (Lipinski definition) is 4. The van der Waals surface area contributed by atoms with Gasteiger partial charge >= 0.3 is 0 Å². The Morgan fingerprint density at radius 2 is 2.22 bits per heavy atom. The van der Waals surface area contributed by atoms with Crippen molar-refractivity contribution in [2.45, 2.75) is 32.9 Å². The van der Waals surface area contributed by atoms with Crippen molar-refractivity contribution < 1.29 is 0 Å². The molecule has 0 radical (unpaired) electrons. The first kappa shape index (κ1) is 12.8. The largest absolute Gasteiger partial charge is 0.312 e. The van der Waals surface area contributed by atoms with Crippen molar-refractivity contribution in [1.82, 2.24) is 29.9 Å². The quantitative estimate of drug-likeness (QED) is 0.772. The fourth-order valence-corrected chi connectivity index (χ4v) is 1.68. The average Bonchev–Trinajstić information content (AvgIpc) is 2.93. The molecule has 6 nitrogen and oxygen atoms in total. The molecule has 0 bridgehead atoms. The lowest BCUT2D eigenvalue weighted by Crippen LogP contribution is -2.17. The van der Waals surface area contributed by atoms with Crippen LogP contribution in [-0.2, 0) is 20.0 Å². The zero-order chi connectivity index (χ0) is 13.0. The Kier molecular flexibility index (Phi) is 4.09. The molecule has 18 heavy (non-hydrogen) atoms. The predicted octanol–water partition coefficient (Wildman–Crippen LogP) is 0.925. The Balaban J connectivity index is 1.71. The summed E-state index contributed by atoms with van der Waals surface area (Å²) in [7, 11) is 1.88. The van der Waals surface area contributed by atoms with E-state index in [0.717, 1.165) is 25.3 Å². The number of nitrogens with zero attached hydrogens (tertiary/aromatic N) is 5. The predicted molar refractivity (Wildman–Crippen MR) is 69.0 cm³/mol. The van der Waals surface area contributed by atoms with E-state index in [-0.39, 0.29) is 0 Å². The minimum atomic E-state index is 0.413. The molecule has 0 amide bonds. The lowest BCUT2D eigenvalue weighted by atomic mass is 10.3. The fourth-order valence-electron chi connectivity index (χ4n) is 1.68. The van der Waals surface area contributed by atoms with Crippen molar-refractivity contribution in [3.63, 3.8) is 0 Å². The molecule has 2 heterocycles. The third-order valence-electron chi connectivity index (χ3n) is 2.69. The van der Waals surface area contributed by atoms with Gasteiger partial charge in [-0.1, -0.05) is 0 Å². The molecule has 0 spiro atoms. The van der Waals surface area contributed by atoms with Crippen LogP contribution in [0, 0.1) is 0 Å². The van der Waals surface area contributed by atoms with Crippen LogP contribution in [0.5, 0.6) is 0 Å². The van der Waals surface area contributed by atoms with Gasteiger partial charge in [-0.3, -0.25) is 9.36 Å². The Morgan fingerprint density at radius 3 is 2.83 bits per heavy atom. The first-order chi connectivity index (χ1) is 8.65. The summed E-state index contributed by atoms with van der Waals surface area (Å²) in [6.07, 6.45) is 6.56. The summed E-state index contributed by atoms with van der Waals surface area (Å²) in [5.41, 5.74) is 1.21. The van der Waals surface area contributed by atoms with Gasteiger partial charge in [-0.15, -0.1) is 0 Å². The Hall–Kier alpha value is -1.69. The highest BCUT2D eigenvalue weighted by Crippen LogP contribution is 2.04. The molecule has 2 aromatic heterocycles. The molecular weight excluding hydrogens is 228 g/mol. The van der Waals surface area contributed by atoms with Crippen LogP contribution in [0.2, 0.25) is 0 Å². The first-order valence-corrected chi connectivity index (χ1v) is 6.23. The normalized spacial score (nSPS) is 11.3. The second-order valence-electron chi connectivity index (χ2n) is 4.68. The lowest BCUT2D eigenvalue weighted by molar-refractivity contribution is 0.531. The highest BCUT2D eigenvalue weighted by Gasteiger charge is 2.02. The van der Waals surface area contributed by atoms with Gasteiger partial charge in [0.25, 0.3) is 0 Å². The third kappa shape index (κ3) is 3.40. The summed E-state index contributed by atoms with van der Waals surface area (Å²) in [5, 5.41) is 11.9. The minimum absolute atomic E-state index is 0.413. The summed E-state index contributed by atoms with van der Waals surface area (Å²) >= 11 is 0. The molecule has 0 aliphatic carbocycles. The van der Waals surface area contributed by atoms with E-state index < -0.39 is 0 Å². The molecule has 0 aromatic carbocycles. The summed E-state index contributed by atoms with van der Waals surface area (Å²) < 4.78 is 3.69. The van der Waals surface area contributed by atoms with Gasteiger partial charge < -0.3 is 5.32 Å². The maximum absolute atomic E-state index is 4.30. The maximum atomic E-state index is 4.30. The lowest BCUT2D eigenvalue weighted by Gasteiger charge is -2.03. The molecular formula is C12H20N6. The molecule has 0 saturated carbocycles. The van der Waals surface area contributed by atoms with Crippen LogP contribution in [0.3, 0.4) is 0 Å². The Labute approximate surface area is 107 Å². The van der Waals surface area contributed by atoms with E-state index in [1.807, 2.05) is 17.9 Å². The molecule has 6 heteroatoms. The van der Waals surface area contributed by atoms with Crippen LogP contribution in [0.1, 0.15) is 31.3 Å². The van der Waals surface area contributed by atoms with Gasteiger partial charge in [-0.25, -0.2) is 4.98 Å². The van der Waals surface area contributed by atoms with E-state index in [1.54, 1.807) is 11.0 Å². The molecule has 1 N–H and O–H groups in total. The van der Waals surface area contributed by atoms with E-state index in [9.17, 15) is 0 Å². The number of hydrogen-bond donors (Lipinski definition) is 1. The zero-order valence-electron chi connectivity index (χ0n) is 11.2. The van der Waals surface area contributed by atoms with Crippen molar-refractivity contribution in [2.24, 2.45) is 7.05 Å². The Bertz CT molecular complexity index is 484. The van der Waals surface area contributed by atoms with Crippen LogP contribution in [0.4, 0.5) is 0 Å². The molecule has 2 rings (SSSR count). The third-order valence-corrected chi connectivity index (χ3v) is 2.69. The van der Waals surface area contributed by atoms with Gasteiger partial charge in [-0.2, -0.15) is 10.2 Å². The van der Waals surface area contributed by atoms with Gasteiger partial charge in [0.1, 0.15) is 6.33 Å². The molecule has 98 valence electrons. The van der Waals surface area contributed by atoms with Gasteiger partial charge in [-0.05, 0) is 13.8 Å². The van der Waals surface area contributed by atoms with Crippen molar-refractivity contribution in [1.29, 1.82) is 0 Å². The number of nitrogens with one attached hydrogen (secondary N) is 1. The molecule has 0 atom stereocenters. The van der Waals surface area contributed by atoms with Crippen LogP contribution < -0.4 is 5.32 Å². The second-order valence-corrected chi connectivity index (χ2v) is 4.68. The van der Waals surface area contributed by atoms with Gasteiger partial charge in [0.15, 0.2) is 5.82 Å². The van der Waals surface area contributed by atoms with E-state index in [0.29, 0.717) is 6.04 Å². The van der Waals surface area contributed by atoms with E-state index in [1.165, 1.54) is 5.56 Å². The minimum Gasteiger partial charge on any atom is -0.312 e. The molecule has 0 aliphatic rings. The molecule has 2 aromatic rings. The van der Waals surface area contributed by atoms with Gasteiger partial charge in [0.05, 0.1) is 6.20 Å². The first-order valence-electron chi connectivity index (χ1n) is 6.23. The monoisotopic (exact) mass is 248 g/mol. The fraction of sp³-hybridized carbons (Fsp3) is 0.583. The van der Waals surface area contributed by atoms with Crippen LogP contribution in [0.15, 0.2) is 18.7 Å². The SMILES string of the molecule is CC(C)n1cc(CNCCc2ncn(C)n2)cn1. The number of rotatable bonds is 6. The molecule has 0 aliphatic heterocycles. The molecule has 0 saturated heterocycles. The van der Waals surface area contributed by atoms with Crippen LogP contribution in [0.25, 0.3) is 0 Å². The van der Waals surface area contributed by atoms with E-state index in [2.05, 4.69) is 40.5 Å². The highest BCUT2D eigenvalue weighted by atomic mass is 15.3. The average molecular weight is 248 g/mol. The van der Waals surface area contributed by atoms with E-state index in [4.69, 9.17) is 0 Å². The van der Waals surface area contributed by atoms with E-state index >= 15 is 0 Å². The summed E-state index contributed by atoms with van der Waals surface area (Å²) in [5.74, 6) is 0.878. The smallest absolute Gasteiger partial charge is 0.151 e. The summed E-state index contributed by atoms with van der Waals surface area (Å²) in [6, 6.07) is 0.413. The van der Waals surface area contributed by atoms with Gasteiger partial charge in [0, 0.05) is 44.4 Å². The van der Waals surface area contributed by atoms with Crippen LogP contribution >= 0.6 is 0 Å². The standard InChI is InChI=1S/C12H20N6/c1-10(2)18-8-11(7-15-18)6-13-5-4-12-14-9-17(3)16-12/h7-10,13H,4-6H2,1-3H3. The topological polar surface area (TPSA) is 60.6 Å². The number of aryl methyl sites for hydroxylation is 1. The van der Waals surface area contributed by atoms with Crippen molar-refractivity contribution in [3.8, 4) is 0 Å². The van der Waals surface area contributed by atoms with Crippen molar-refractivity contribution in [3.05, 3.63) is 30.1 Å². The van der Waals surface area contributed by atoms with Crippen molar-refractivity contribution >= 4 is 0 Å². The maximum Gasteiger partial charge on any atom is 0.151 e. The highest BCUT2D eigenvalue weighted by molar-refractivity contribution is 5.03. The Morgan fingerprint density at radius 1 is 1.39 bits per heavy atom. The number of aromatic nitrogens is 5.